The topological polar surface area (TPSA) is 66.8 Å². The van der Waals surface area contributed by atoms with Crippen LogP contribution in [0.4, 0.5) is 0 Å². The van der Waals surface area contributed by atoms with Crippen molar-refractivity contribution in [3.05, 3.63) is 29.8 Å². The van der Waals surface area contributed by atoms with Crippen molar-refractivity contribution in [2.45, 2.75) is 116 Å². The summed E-state index contributed by atoms with van der Waals surface area (Å²) in [4.78, 5) is 12.8. The predicted octanol–water partition coefficient (Wildman–Crippen LogP) is 6.40. The van der Waals surface area contributed by atoms with Gasteiger partial charge in [-0.25, -0.2) is 0 Å². The van der Waals surface area contributed by atoms with Gasteiger partial charge in [-0.1, -0.05) is 96.6 Å². The van der Waals surface area contributed by atoms with Crippen molar-refractivity contribution < 1.29 is 19.7 Å². The van der Waals surface area contributed by atoms with E-state index in [-0.39, 0.29) is 19.0 Å². The maximum Gasteiger partial charge on any atom is 0.164 e. The number of aliphatic hydroxyl groups is 2. The first-order valence-electron chi connectivity index (χ1n) is 12.6. The van der Waals surface area contributed by atoms with Gasteiger partial charge in [0.05, 0.1) is 6.61 Å². The highest BCUT2D eigenvalue weighted by Gasteiger charge is 2.34. The normalized spacial score (nSPS) is 13.2. The van der Waals surface area contributed by atoms with Crippen molar-refractivity contribution in [1.29, 1.82) is 0 Å². The predicted molar refractivity (Wildman–Crippen MR) is 129 cm³/mol. The summed E-state index contributed by atoms with van der Waals surface area (Å²) in [5.41, 5.74) is -0.347. The van der Waals surface area contributed by atoms with Crippen molar-refractivity contribution in [2.75, 3.05) is 13.2 Å². The van der Waals surface area contributed by atoms with Crippen LogP contribution in [0.5, 0.6) is 5.75 Å². The molecule has 0 saturated heterocycles. The average molecular weight is 435 g/mol. The zero-order valence-electron chi connectivity index (χ0n) is 20.0. The lowest BCUT2D eigenvalue weighted by Crippen LogP contribution is -2.40. The van der Waals surface area contributed by atoms with E-state index in [0.717, 1.165) is 24.8 Å². The lowest BCUT2D eigenvalue weighted by atomic mass is 9.84. The van der Waals surface area contributed by atoms with Crippen LogP contribution in [-0.4, -0.2) is 34.8 Å². The van der Waals surface area contributed by atoms with Gasteiger partial charge in [0.25, 0.3) is 0 Å². The smallest absolute Gasteiger partial charge is 0.164 e. The number of rotatable bonds is 20. The fourth-order valence-electron chi connectivity index (χ4n) is 4.13. The van der Waals surface area contributed by atoms with Crippen molar-refractivity contribution in [2.24, 2.45) is 0 Å². The number of unbranched alkanes of at least 4 members (excludes halogenated alkanes) is 10. The first kappa shape index (κ1) is 27.6. The fourth-order valence-corrected chi connectivity index (χ4v) is 4.13. The van der Waals surface area contributed by atoms with Crippen LogP contribution in [-0.2, 0) is 11.2 Å². The summed E-state index contributed by atoms with van der Waals surface area (Å²) in [7, 11) is 0. The zero-order chi connectivity index (χ0) is 22.8. The Labute approximate surface area is 190 Å². The summed E-state index contributed by atoms with van der Waals surface area (Å²) in [5.74, 6) is 0.662. The number of ether oxygens (including phenoxy) is 1. The van der Waals surface area contributed by atoms with Gasteiger partial charge in [0.1, 0.15) is 18.0 Å². The highest BCUT2D eigenvalue weighted by Crippen LogP contribution is 2.25. The Morgan fingerprint density at radius 1 is 0.839 bits per heavy atom. The molecule has 0 aliphatic heterocycles. The molecule has 0 aromatic heterocycles. The third-order valence-electron chi connectivity index (χ3n) is 5.97. The van der Waals surface area contributed by atoms with Gasteiger partial charge in [-0.05, 0) is 30.5 Å². The number of aliphatic hydroxyl groups excluding tert-OH is 1. The molecular formula is C27H46O4. The van der Waals surface area contributed by atoms with Crippen LogP contribution in [0.1, 0.15) is 109 Å². The molecule has 2 N–H and O–H groups in total. The summed E-state index contributed by atoms with van der Waals surface area (Å²) in [6.07, 6.45) is 15.9. The summed E-state index contributed by atoms with van der Waals surface area (Å²) >= 11 is 0. The first-order valence-corrected chi connectivity index (χ1v) is 12.6. The Bertz CT molecular complexity index is 569. The van der Waals surface area contributed by atoms with E-state index in [1.807, 2.05) is 31.2 Å². The van der Waals surface area contributed by atoms with Crippen LogP contribution in [0, 0.1) is 0 Å². The second-order valence-electron chi connectivity index (χ2n) is 8.88. The van der Waals surface area contributed by atoms with Crippen molar-refractivity contribution in [3.63, 3.8) is 0 Å². The molecule has 178 valence electrons. The van der Waals surface area contributed by atoms with Gasteiger partial charge in [0.2, 0.25) is 0 Å². The summed E-state index contributed by atoms with van der Waals surface area (Å²) in [5, 5.41) is 19.9. The first-order chi connectivity index (χ1) is 15.1. The molecule has 0 bridgehead atoms. The van der Waals surface area contributed by atoms with E-state index in [2.05, 4.69) is 6.92 Å². The number of Topliss-reactive ketones (excluding diaryl/α,β-unsaturated/α-hetero) is 1. The van der Waals surface area contributed by atoms with Gasteiger partial charge in [-0.3, -0.25) is 4.79 Å². The van der Waals surface area contributed by atoms with Gasteiger partial charge >= 0.3 is 0 Å². The summed E-state index contributed by atoms with van der Waals surface area (Å²) < 4.78 is 5.38. The van der Waals surface area contributed by atoms with Crippen molar-refractivity contribution in [1.82, 2.24) is 0 Å². The molecule has 1 unspecified atom stereocenters. The monoisotopic (exact) mass is 434 g/mol. The van der Waals surface area contributed by atoms with Gasteiger partial charge in [-0.2, -0.15) is 0 Å². The molecule has 0 spiro atoms. The Morgan fingerprint density at radius 2 is 1.39 bits per heavy atom. The molecule has 0 saturated carbocycles. The molecule has 1 rings (SSSR count). The number of carbonyl (C=O) groups excluding carboxylic acids is 1. The highest BCUT2D eigenvalue weighted by atomic mass is 16.5. The van der Waals surface area contributed by atoms with E-state index < -0.39 is 5.60 Å². The molecule has 1 aromatic carbocycles. The maximum absolute atomic E-state index is 12.8. The van der Waals surface area contributed by atoms with E-state index in [4.69, 9.17) is 9.84 Å². The minimum Gasteiger partial charge on any atom is -0.491 e. The van der Waals surface area contributed by atoms with E-state index in [1.54, 1.807) is 0 Å². The van der Waals surface area contributed by atoms with Crippen LogP contribution in [0.15, 0.2) is 24.3 Å². The van der Waals surface area contributed by atoms with Crippen LogP contribution in [0.2, 0.25) is 0 Å². The van der Waals surface area contributed by atoms with Crippen LogP contribution < -0.4 is 4.74 Å². The highest BCUT2D eigenvalue weighted by molar-refractivity contribution is 5.87. The van der Waals surface area contributed by atoms with E-state index in [9.17, 15) is 9.90 Å². The Balaban J connectivity index is 2.31. The second-order valence-corrected chi connectivity index (χ2v) is 8.88. The van der Waals surface area contributed by atoms with Gasteiger partial charge < -0.3 is 14.9 Å². The quantitative estimate of drug-likeness (QED) is 0.233. The third-order valence-corrected chi connectivity index (χ3v) is 5.97. The van der Waals surface area contributed by atoms with Gasteiger partial charge in [0.15, 0.2) is 5.78 Å². The fraction of sp³-hybridized carbons (Fsp3) is 0.741. The number of ketones is 1. The Morgan fingerprint density at radius 3 is 1.90 bits per heavy atom. The molecule has 0 amide bonds. The summed E-state index contributed by atoms with van der Waals surface area (Å²) in [6, 6.07) is 7.43. The SMILES string of the molecule is CCCCCCCCCCCCCC(=O)C(O)(CCC)Cc1ccc(OCCO)cc1. The average Bonchev–Trinajstić information content (AvgIpc) is 2.77. The van der Waals surface area contributed by atoms with Crippen LogP contribution in [0.3, 0.4) is 0 Å². The van der Waals surface area contributed by atoms with E-state index in [1.165, 1.54) is 57.8 Å². The minimum atomic E-state index is -1.28. The molecule has 0 aliphatic carbocycles. The number of hydrogen-bond acceptors (Lipinski definition) is 4. The minimum absolute atomic E-state index is 0.0223. The molecule has 1 atom stereocenters. The molecule has 0 radical (unpaired) electrons. The number of benzene rings is 1. The maximum atomic E-state index is 12.8. The standard InChI is InChI=1S/C27H46O4/c1-3-5-6-7-8-9-10-11-12-13-14-15-26(29)27(30,20-4-2)23-24-16-18-25(19-17-24)31-22-21-28/h16-19,28,30H,3-15,20-23H2,1-2H3. The van der Waals surface area contributed by atoms with Gasteiger partial charge in [0, 0.05) is 12.8 Å². The molecule has 4 nitrogen and oxygen atoms in total. The third kappa shape index (κ3) is 12.3. The second kappa shape index (κ2) is 17.2. The number of carbonyl (C=O) groups is 1. The lowest BCUT2D eigenvalue weighted by molar-refractivity contribution is -0.138. The molecule has 0 fully saturated rings. The molecule has 31 heavy (non-hydrogen) atoms. The van der Waals surface area contributed by atoms with E-state index >= 15 is 0 Å². The van der Waals surface area contributed by atoms with Crippen molar-refractivity contribution in [3.8, 4) is 5.75 Å². The summed E-state index contributed by atoms with van der Waals surface area (Å²) in [6.45, 7) is 4.50. The number of hydrogen-bond donors (Lipinski definition) is 2. The Hall–Kier alpha value is -1.39. The lowest BCUT2D eigenvalue weighted by Gasteiger charge is -2.26. The van der Waals surface area contributed by atoms with E-state index in [0.29, 0.717) is 25.0 Å². The Kier molecular flexibility index (Phi) is 15.3. The largest absolute Gasteiger partial charge is 0.491 e. The molecule has 1 aromatic rings. The van der Waals surface area contributed by atoms with Crippen LogP contribution >= 0.6 is 0 Å². The van der Waals surface area contributed by atoms with Crippen LogP contribution in [0.25, 0.3) is 0 Å². The zero-order valence-corrected chi connectivity index (χ0v) is 20.0. The molecule has 4 heteroatoms. The van der Waals surface area contributed by atoms with Crippen molar-refractivity contribution >= 4 is 5.78 Å². The molecule has 0 heterocycles. The molecular weight excluding hydrogens is 388 g/mol. The molecule has 0 aliphatic rings. The van der Waals surface area contributed by atoms with Gasteiger partial charge in [-0.15, -0.1) is 0 Å².